The molecule has 2 aromatic carbocycles. The van der Waals surface area contributed by atoms with E-state index in [9.17, 15) is 22.4 Å². The number of nitrogens with zero attached hydrogens (tertiary/aromatic N) is 2. The van der Waals surface area contributed by atoms with Gasteiger partial charge >= 0.3 is 6.18 Å². The van der Waals surface area contributed by atoms with Crippen molar-refractivity contribution < 1.29 is 26.8 Å². The SMILES string of the molecule is Cc1cc(CN2C[C@H](CN(C(=O)c3ccc(F)cc3)C(C)C)[C@H](c3cccc(C(F)(F)F)c3)C2)oc1C. The lowest BCUT2D eigenvalue weighted by molar-refractivity contribution is -0.137. The maximum absolute atomic E-state index is 13.5. The molecule has 4 rings (SSSR count). The molecular formula is C29H32F4N2O2. The first kappa shape index (κ1) is 26.9. The van der Waals surface area contributed by atoms with E-state index in [4.69, 9.17) is 4.42 Å². The van der Waals surface area contributed by atoms with Crippen molar-refractivity contribution in [1.82, 2.24) is 9.80 Å². The van der Waals surface area contributed by atoms with Crippen LogP contribution in [0, 0.1) is 25.6 Å². The molecule has 8 heteroatoms. The van der Waals surface area contributed by atoms with E-state index >= 15 is 0 Å². The Labute approximate surface area is 214 Å². The Morgan fingerprint density at radius 3 is 2.38 bits per heavy atom. The predicted molar refractivity (Wildman–Crippen MR) is 134 cm³/mol. The molecule has 1 aliphatic heterocycles. The molecule has 2 atom stereocenters. The van der Waals surface area contributed by atoms with Gasteiger partial charge in [-0.1, -0.05) is 18.2 Å². The highest BCUT2D eigenvalue weighted by Crippen LogP contribution is 2.38. The average Bonchev–Trinajstić information content (AvgIpc) is 3.38. The quantitative estimate of drug-likeness (QED) is 0.323. The molecule has 0 N–H and O–H groups in total. The molecule has 4 nitrogen and oxygen atoms in total. The third kappa shape index (κ3) is 6.24. The largest absolute Gasteiger partial charge is 0.465 e. The third-order valence-electron chi connectivity index (χ3n) is 7.16. The topological polar surface area (TPSA) is 36.7 Å². The van der Waals surface area contributed by atoms with E-state index < -0.39 is 17.6 Å². The highest BCUT2D eigenvalue weighted by molar-refractivity contribution is 5.94. The summed E-state index contributed by atoms with van der Waals surface area (Å²) in [6, 6.07) is 12.7. The zero-order valence-corrected chi connectivity index (χ0v) is 21.5. The third-order valence-corrected chi connectivity index (χ3v) is 7.16. The molecular weight excluding hydrogens is 484 g/mol. The van der Waals surface area contributed by atoms with E-state index in [1.807, 2.05) is 33.8 Å². The molecule has 1 aromatic heterocycles. The number of hydrogen-bond acceptors (Lipinski definition) is 3. The molecule has 1 fully saturated rings. The minimum absolute atomic E-state index is 0.104. The van der Waals surface area contributed by atoms with E-state index in [1.54, 1.807) is 11.0 Å². The Balaban J connectivity index is 1.63. The molecule has 1 amide bonds. The molecule has 1 aliphatic rings. The van der Waals surface area contributed by atoms with Gasteiger partial charge in [0.2, 0.25) is 0 Å². The van der Waals surface area contributed by atoms with Crippen LogP contribution >= 0.6 is 0 Å². The van der Waals surface area contributed by atoms with Crippen molar-refractivity contribution in [2.75, 3.05) is 19.6 Å². The lowest BCUT2D eigenvalue weighted by Crippen LogP contribution is -2.42. The van der Waals surface area contributed by atoms with Crippen molar-refractivity contribution in [3.05, 3.63) is 94.2 Å². The zero-order valence-electron chi connectivity index (χ0n) is 21.5. The Morgan fingerprint density at radius 2 is 1.78 bits per heavy atom. The monoisotopic (exact) mass is 516 g/mol. The van der Waals surface area contributed by atoms with Crippen molar-refractivity contribution >= 4 is 5.91 Å². The van der Waals surface area contributed by atoms with E-state index in [-0.39, 0.29) is 23.8 Å². The van der Waals surface area contributed by atoms with Crippen LogP contribution < -0.4 is 0 Å². The van der Waals surface area contributed by atoms with Gasteiger partial charge in [-0.15, -0.1) is 0 Å². The van der Waals surface area contributed by atoms with Crippen LogP contribution in [0.5, 0.6) is 0 Å². The first-order chi connectivity index (χ1) is 17.4. The lowest BCUT2D eigenvalue weighted by atomic mass is 9.87. The molecule has 0 aliphatic carbocycles. The lowest BCUT2D eigenvalue weighted by Gasteiger charge is -2.32. The summed E-state index contributed by atoms with van der Waals surface area (Å²) in [7, 11) is 0. The van der Waals surface area contributed by atoms with Crippen LogP contribution in [0.3, 0.4) is 0 Å². The Bertz CT molecular complexity index is 1210. The van der Waals surface area contributed by atoms with Gasteiger partial charge < -0.3 is 9.32 Å². The van der Waals surface area contributed by atoms with Crippen LogP contribution in [0.15, 0.2) is 59.0 Å². The van der Waals surface area contributed by atoms with Crippen molar-refractivity contribution in [2.45, 2.75) is 52.4 Å². The number of carbonyl (C=O) groups is 1. The Hall–Kier alpha value is -3.13. The van der Waals surface area contributed by atoms with Gasteiger partial charge in [0.05, 0.1) is 12.1 Å². The van der Waals surface area contributed by atoms with Crippen molar-refractivity contribution in [3.8, 4) is 0 Å². The van der Waals surface area contributed by atoms with Gasteiger partial charge in [0.1, 0.15) is 17.3 Å². The molecule has 3 aromatic rings. The van der Waals surface area contributed by atoms with E-state index in [2.05, 4.69) is 4.90 Å². The van der Waals surface area contributed by atoms with Crippen LogP contribution in [-0.4, -0.2) is 41.4 Å². The number of alkyl halides is 3. The van der Waals surface area contributed by atoms with Gasteiger partial charge in [-0.2, -0.15) is 13.2 Å². The summed E-state index contributed by atoms with van der Waals surface area (Å²) < 4.78 is 59.8. The number of benzene rings is 2. The number of furan rings is 1. The first-order valence-corrected chi connectivity index (χ1v) is 12.4. The second-order valence-corrected chi connectivity index (χ2v) is 10.2. The smallest absolute Gasteiger partial charge is 0.416 e. The van der Waals surface area contributed by atoms with Gasteiger partial charge in [-0.05, 0) is 81.1 Å². The van der Waals surface area contributed by atoms with Crippen molar-refractivity contribution in [3.63, 3.8) is 0 Å². The molecule has 0 saturated carbocycles. The minimum atomic E-state index is -4.43. The molecule has 0 radical (unpaired) electrons. The summed E-state index contributed by atoms with van der Waals surface area (Å²) in [5.74, 6) is 0.687. The summed E-state index contributed by atoms with van der Waals surface area (Å²) in [5.41, 5.74) is 1.35. The van der Waals surface area contributed by atoms with Crippen LogP contribution in [0.1, 0.15) is 58.3 Å². The van der Waals surface area contributed by atoms with Gasteiger partial charge in [-0.3, -0.25) is 9.69 Å². The number of amides is 1. The summed E-state index contributed by atoms with van der Waals surface area (Å²) >= 11 is 0. The summed E-state index contributed by atoms with van der Waals surface area (Å²) in [6.07, 6.45) is -4.43. The number of aryl methyl sites for hydroxylation is 2. The summed E-state index contributed by atoms with van der Waals surface area (Å²) in [4.78, 5) is 17.3. The molecule has 0 spiro atoms. The predicted octanol–water partition coefficient (Wildman–Crippen LogP) is 6.82. The first-order valence-electron chi connectivity index (χ1n) is 12.4. The fraction of sp³-hybridized carbons (Fsp3) is 0.414. The molecule has 0 bridgehead atoms. The molecule has 1 saturated heterocycles. The van der Waals surface area contributed by atoms with Gasteiger partial charge in [-0.25, -0.2) is 4.39 Å². The number of likely N-dealkylation sites (tertiary alicyclic amines) is 1. The molecule has 2 heterocycles. The molecule has 0 unspecified atom stereocenters. The fourth-order valence-corrected chi connectivity index (χ4v) is 5.09. The van der Waals surface area contributed by atoms with Gasteiger partial charge in [0.25, 0.3) is 5.91 Å². The standard InChI is InChI=1S/C29H32F4N2O2/c1-18(2)35(28(36)21-8-10-25(30)11-9-21)15-23-14-34(16-26-12-19(3)20(4)37-26)17-27(23)22-6-5-7-24(13-22)29(31,32)33/h5-13,18,23,27H,14-17H2,1-4H3/t23-,27+/m1/s1. The number of hydrogen-bond donors (Lipinski definition) is 0. The average molecular weight is 517 g/mol. The van der Waals surface area contributed by atoms with Gasteiger partial charge in [0, 0.05) is 37.2 Å². The fourth-order valence-electron chi connectivity index (χ4n) is 5.09. The summed E-state index contributed by atoms with van der Waals surface area (Å²) in [6.45, 7) is 9.72. The van der Waals surface area contributed by atoms with Crippen molar-refractivity contribution in [1.29, 1.82) is 0 Å². The summed E-state index contributed by atoms with van der Waals surface area (Å²) in [5, 5.41) is 0. The van der Waals surface area contributed by atoms with Crippen LogP contribution in [0.2, 0.25) is 0 Å². The van der Waals surface area contributed by atoms with Gasteiger partial charge in [0.15, 0.2) is 0 Å². The van der Waals surface area contributed by atoms with E-state index in [0.717, 1.165) is 23.2 Å². The highest BCUT2D eigenvalue weighted by Gasteiger charge is 2.38. The maximum Gasteiger partial charge on any atom is 0.416 e. The second kappa shape index (κ2) is 10.7. The second-order valence-electron chi connectivity index (χ2n) is 10.2. The highest BCUT2D eigenvalue weighted by atomic mass is 19.4. The van der Waals surface area contributed by atoms with E-state index in [1.165, 1.54) is 36.4 Å². The number of rotatable bonds is 7. The number of carbonyl (C=O) groups excluding carboxylic acids is 1. The Kier molecular flexibility index (Phi) is 7.78. The zero-order chi connectivity index (χ0) is 26.9. The normalized spacial score (nSPS) is 18.5. The van der Waals surface area contributed by atoms with Crippen LogP contribution in [0.25, 0.3) is 0 Å². The van der Waals surface area contributed by atoms with Crippen molar-refractivity contribution in [2.24, 2.45) is 5.92 Å². The van der Waals surface area contributed by atoms with E-state index in [0.29, 0.717) is 37.3 Å². The number of halogens is 4. The Morgan fingerprint density at radius 1 is 1.08 bits per heavy atom. The molecule has 198 valence electrons. The maximum atomic E-state index is 13.5. The van der Waals surface area contributed by atoms with Crippen LogP contribution in [0.4, 0.5) is 17.6 Å². The minimum Gasteiger partial charge on any atom is -0.465 e. The van der Waals surface area contributed by atoms with Crippen LogP contribution in [-0.2, 0) is 12.7 Å². The molecule has 37 heavy (non-hydrogen) atoms.